The SMILES string of the molecule is O=C1CC(S)CN1c1ccc(C(F)(F)F)c(Cl)c1. The van der Waals surface area contributed by atoms with Crippen molar-refractivity contribution in [2.75, 3.05) is 11.4 Å². The Hall–Kier alpha value is -0.880. The van der Waals surface area contributed by atoms with Crippen LogP contribution >= 0.6 is 24.2 Å². The predicted octanol–water partition coefficient (Wildman–Crippen LogP) is 3.39. The van der Waals surface area contributed by atoms with Gasteiger partial charge >= 0.3 is 6.18 Å². The minimum Gasteiger partial charge on any atom is -0.311 e. The van der Waals surface area contributed by atoms with E-state index in [1.807, 2.05) is 0 Å². The standard InChI is InChI=1S/C11H9ClF3NOS/c12-9-3-6(1-2-8(9)11(13,14)15)16-5-7(18)4-10(16)17/h1-3,7,18H,4-5H2. The fourth-order valence-corrected chi connectivity index (χ4v) is 2.44. The van der Waals surface area contributed by atoms with Crippen LogP contribution in [0.4, 0.5) is 18.9 Å². The number of hydrogen-bond acceptors (Lipinski definition) is 2. The van der Waals surface area contributed by atoms with Gasteiger partial charge in [0.05, 0.1) is 10.6 Å². The number of rotatable bonds is 1. The summed E-state index contributed by atoms with van der Waals surface area (Å²) < 4.78 is 37.6. The van der Waals surface area contributed by atoms with Crippen LogP contribution in [0.25, 0.3) is 0 Å². The molecule has 2 nitrogen and oxygen atoms in total. The van der Waals surface area contributed by atoms with E-state index in [2.05, 4.69) is 12.6 Å². The van der Waals surface area contributed by atoms with Crippen molar-refractivity contribution in [2.45, 2.75) is 17.8 Å². The molecule has 1 aliphatic rings. The summed E-state index contributed by atoms with van der Waals surface area (Å²) in [5, 5.41) is -0.506. The minimum atomic E-state index is -4.49. The first kappa shape index (κ1) is 13.5. The zero-order valence-corrected chi connectivity index (χ0v) is 10.7. The first-order valence-corrected chi connectivity index (χ1v) is 6.03. The number of alkyl halides is 3. The highest BCUT2D eigenvalue weighted by Gasteiger charge is 2.34. The number of benzene rings is 1. The molecule has 1 unspecified atom stereocenters. The van der Waals surface area contributed by atoms with Crippen LogP contribution in [0.1, 0.15) is 12.0 Å². The van der Waals surface area contributed by atoms with Crippen molar-refractivity contribution in [2.24, 2.45) is 0 Å². The molecule has 2 rings (SSSR count). The number of nitrogens with zero attached hydrogens (tertiary/aromatic N) is 1. The lowest BCUT2D eigenvalue weighted by Crippen LogP contribution is -2.24. The fourth-order valence-electron chi connectivity index (χ4n) is 1.84. The number of anilines is 1. The molecular weight excluding hydrogens is 287 g/mol. The van der Waals surface area contributed by atoms with E-state index in [1.54, 1.807) is 0 Å². The van der Waals surface area contributed by atoms with Gasteiger partial charge in [-0.05, 0) is 18.2 Å². The third kappa shape index (κ3) is 2.59. The van der Waals surface area contributed by atoms with E-state index < -0.39 is 16.8 Å². The van der Waals surface area contributed by atoms with Crippen molar-refractivity contribution >= 4 is 35.8 Å². The van der Waals surface area contributed by atoms with Crippen molar-refractivity contribution in [3.05, 3.63) is 28.8 Å². The number of hydrogen-bond donors (Lipinski definition) is 1. The number of thiol groups is 1. The quantitative estimate of drug-likeness (QED) is 0.788. The highest BCUT2D eigenvalue weighted by Crippen LogP contribution is 2.37. The fraction of sp³-hybridized carbons (Fsp3) is 0.364. The molecule has 0 radical (unpaired) electrons. The van der Waals surface area contributed by atoms with E-state index in [9.17, 15) is 18.0 Å². The summed E-state index contributed by atoms with van der Waals surface area (Å²) in [6.07, 6.45) is -4.21. The van der Waals surface area contributed by atoms with Crippen LogP contribution in [0, 0.1) is 0 Å². The summed E-state index contributed by atoms with van der Waals surface area (Å²) >= 11 is 9.78. The third-order valence-corrected chi connectivity index (χ3v) is 3.33. The highest BCUT2D eigenvalue weighted by atomic mass is 35.5. The van der Waals surface area contributed by atoms with E-state index in [1.165, 1.54) is 11.0 Å². The van der Waals surface area contributed by atoms with Crippen LogP contribution in [0.3, 0.4) is 0 Å². The molecule has 7 heteroatoms. The number of carbonyl (C=O) groups is 1. The molecule has 1 aromatic rings. The van der Waals surface area contributed by atoms with E-state index >= 15 is 0 Å². The lowest BCUT2D eigenvalue weighted by atomic mass is 10.2. The molecule has 1 aromatic carbocycles. The van der Waals surface area contributed by atoms with Crippen LogP contribution < -0.4 is 4.90 Å². The lowest BCUT2D eigenvalue weighted by Gasteiger charge is -2.18. The molecular formula is C11H9ClF3NOS. The number of halogens is 4. The molecule has 0 aromatic heterocycles. The van der Waals surface area contributed by atoms with Crippen molar-refractivity contribution < 1.29 is 18.0 Å². The Labute approximate surface area is 112 Å². The summed E-state index contributed by atoms with van der Waals surface area (Å²) in [5.41, 5.74) is -0.531. The van der Waals surface area contributed by atoms with Gasteiger partial charge in [0, 0.05) is 23.9 Å². The van der Waals surface area contributed by atoms with Crippen LogP contribution in [-0.4, -0.2) is 17.7 Å². The third-order valence-electron chi connectivity index (χ3n) is 2.67. The smallest absolute Gasteiger partial charge is 0.311 e. The lowest BCUT2D eigenvalue weighted by molar-refractivity contribution is -0.137. The van der Waals surface area contributed by atoms with E-state index in [0.29, 0.717) is 12.2 Å². The van der Waals surface area contributed by atoms with Gasteiger partial charge in [-0.25, -0.2) is 0 Å². The minimum absolute atomic E-state index is 0.0985. The van der Waals surface area contributed by atoms with Gasteiger partial charge in [0.1, 0.15) is 0 Å². The summed E-state index contributed by atoms with van der Waals surface area (Å²) in [4.78, 5) is 13.0. The molecule has 0 spiro atoms. The monoisotopic (exact) mass is 295 g/mol. The molecule has 1 fully saturated rings. The zero-order chi connectivity index (χ0) is 13.5. The Morgan fingerprint density at radius 2 is 2.06 bits per heavy atom. The Morgan fingerprint density at radius 1 is 1.39 bits per heavy atom. The average Bonchev–Trinajstić information content (AvgIpc) is 2.55. The summed E-state index contributed by atoms with van der Waals surface area (Å²) in [5.74, 6) is -0.161. The Morgan fingerprint density at radius 3 is 2.50 bits per heavy atom. The van der Waals surface area contributed by atoms with Gasteiger partial charge in [-0.3, -0.25) is 4.79 Å². The first-order valence-electron chi connectivity index (χ1n) is 5.14. The number of amides is 1. The van der Waals surface area contributed by atoms with Crippen LogP contribution in [-0.2, 0) is 11.0 Å². The number of carbonyl (C=O) groups excluding carboxylic acids is 1. The van der Waals surface area contributed by atoms with Gasteiger partial charge in [-0.15, -0.1) is 0 Å². The molecule has 98 valence electrons. The Kier molecular flexibility index (Phi) is 3.51. The van der Waals surface area contributed by atoms with Crippen molar-refractivity contribution in [3.8, 4) is 0 Å². The molecule has 0 N–H and O–H groups in total. The second-order valence-electron chi connectivity index (χ2n) is 4.02. The largest absolute Gasteiger partial charge is 0.417 e. The first-order chi connectivity index (χ1) is 8.29. The van der Waals surface area contributed by atoms with Crippen LogP contribution in [0.15, 0.2) is 18.2 Å². The second kappa shape index (κ2) is 4.66. The van der Waals surface area contributed by atoms with Gasteiger partial charge in [0.2, 0.25) is 5.91 Å². The predicted molar refractivity (Wildman–Crippen MR) is 66.2 cm³/mol. The average molecular weight is 296 g/mol. The van der Waals surface area contributed by atoms with E-state index in [0.717, 1.165) is 12.1 Å². The van der Waals surface area contributed by atoms with Gasteiger partial charge in [-0.1, -0.05) is 11.6 Å². The van der Waals surface area contributed by atoms with Gasteiger partial charge in [0.25, 0.3) is 0 Å². The Bertz CT molecular complexity index is 492. The molecule has 1 atom stereocenters. The molecule has 1 heterocycles. The topological polar surface area (TPSA) is 20.3 Å². The second-order valence-corrected chi connectivity index (χ2v) is 5.16. The normalized spacial score (nSPS) is 20.6. The highest BCUT2D eigenvalue weighted by molar-refractivity contribution is 7.81. The van der Waals surface area contributed by atoms with Gasteiger partial charge < -0.3 is 4.90 Å². The maximum atomic E-state index is 12.5. The molecule has 0 bridgehead atoms. The molecule has 0 saturated carbocycles. The van der Waals surface area contributed by atoms with Crippen LogP contribution in [0.5, 0.6) is 0 Å². The Balaban J connectivity index is 2.32. The maximum absolute atomic E-state index is 12.5. The summed E-state index contributed by atoms with van der Waals surface area (Å²) in [6, 6.07) is 3.29. The zero-order valence-electron chi connectivity index (χ0n) is 9.04. The molecule has 0 aliphatic carbocycles. The van der Waals surface area contributed by atoms with Crippen LogP contribution in [0.2, 0.25) is 5.02 Å². The molecule has 1 aliphatic heterocycles. The van der Waals surface area contributed by atoms with E-state index in [4.69, 9.17) is 11.6 Å². The van der Waals surface area contributed by atoms with Gasteiger partial charge in [-0.2, -0.15) is 25.8 Å². The van der Waals surface area contributed by atoms with Crippen molar-refractivity contribution in [1.82, 2.24) is 0 Å². The van der Waals surface area contributed by atoms with Crippen molar-refractivity contribution in [3.63, 3.8) is 0 Å². The molecule has 1 amide bonds. The molecule has 18 heavy (non-hydrogen) atoms. The van der Waals surface area contributed by atoms with E-state index in [-0.39, 0.29) is 17.6 Å². The maximum Gasteiger partial charge on any atom is 0.417 e. The molecule has 1 saturated heterocycles. The summed E-state index contributed by atoms with van der Waals surface area (Å²) in [7, 11) is 0. The van der Waals surface area contributed by atoms with Crippen molar-refractivity contribution in [1.29, 1.82) is 0 Å². The summed E-state index contributed by atoms with van der Waals surface area (Å²) in [6.45, 7) is 0.379. The van der Waals surface area contributed by atoms with Gasteiger partial charge in [0.15, 0.2) is 0 Å².